The molecule has 3 heterocycles. The summed E-state index contributed by atoms with van der Waals surface area (Å²) < 4.78 is 5.12. The van der Waals surface area contributed by atoms with Gasteiger partial charge in [-0.15, -0.1) is 0 Å². The van der Waals surface area contributed by atoms with Crippen LogP contribution in [0.2, 0.25) is 5.02 Å². The molecular formula is C13H14ClN5O3. The fraction of sp³-hybridized carbons (Fsp3) is 0.385. The van der Waals surface area contributed by atoms with Gasteiger partial charge >= 0.3 is 6.03 Å². The highest BCUT2D eigenvalue weighted by Gasteiger charge is 2.38. The van der Waals surface area contributed by atoms with E-state index in [4.69, 9.17) is 16.1 Å². The normalized spacial score (nSPS) is 21.1. The van der Waals surface area contributed by atoms with Gasteiger partial charge in [-0.3, -0.25) is 5.32 Å². The quantitative estimate of drug-likeness (QED) is 0.872. The Balaban J connectivity index is 1.76. The number of likely N-dealkylation sites (tertiary alicyclic amines) is 1. The largest absolute Gasteiger partial charge is 0.391 e. The van der Waals surface area contributed by atoms with E-state index in [0.717, 1.165) is 0 Å². The number of hydrogen-bond acceptors (Lipinski definition) is 6. The average Bonchev–Trinajstić information content (AvgIpc) is 3.07. The molecule has 0 spiro atoms. The van der Waals surface area contributed by atoms with E-state index in [1.165, 1.54) is 11.1 Å². The van der Waals surface area contributed by atoms with Crippen molar-refractivity contribution in [3.8, 4) is 0 Å². The van der Waals surface area contributed by atoms with Crippen molar-refractivity contribution in [3.05, 3.63) is 35.1 Å². The Labute approximate surface area is 131 Å². The first-order valence-electron chi connectivity index (χ1n) is 6.70. The second kappa shape index (κ2) is 5.90. The number of β-amino-alcohol motifs (C(OH)–C–C–N with tert-alkyl or cyclic N) is 1. The van der Waals surface area contributed by atoms with E-state index in [2.05, 4.69) is 20.4 Å². The molecule has 1 fully saturated rings. The number of aromatic nitrogens is 3. The maximum Gasteiger partial charge on any atom is 0.323 e. The van der Waals surface area contributed by atoms with Crippen LogP contribution in [-0.4, -0.2) is 43.8 Å². The second-order valence-electron chi connectivity index (χ2n) is 5.03. The zero-order chi connectivity index (χ0) is 15.7. The van der Waals surface area contributed by atoms with Gasteiger partial charge in [0.05, 0.1) is 11.1 Å². The zero-order valence-corrected chi connectivity index (χ0v) is 12.5. The van der Waals surface area contributed by atoms with Crippen molar-refractivity contribution in [2.24, 2.45) is 0 Å². The van der Waals surface area contributed by atoms with Crippen molar-refractivity contribution in [1.82, 2.24) is 20.0 Å². The molecule has 1 saturated heterocycles. The molecule has 0 aromatic carbocycles. The number of nitrogens with one attached hydrogen (secondary N) is 1. The van der Waals surface area contributed by atoms with Gasteiger partial charge in [-0.05, 0) is 19.1 Å². The number of carbonyl (C=O) groups is 1. The van der Waals surface area contributed by atoms with Crippen LogP contribution in [0.1, 0.15) is 24.2 Å². The van der Waals surface area contributed by atoms with Gasteiger partial charge in [-0.2, -0.15) is 4.98 Å². The fourth-order valence-electron chi connectivity index (χ4n) is 2.35. The van der Waals surface area contributed by atoms with E-state index in [-0.39, 0.29) is 6.54 Å². The average molecular weight is 324 g/mol. The van der Waals surface area contributed by atoms with Gasteiger partial charge in [0.1, 0.15) is 11.9 Å². The molecule has 8 nitrogen and oxygen atoms in total. The number of urea groups is 1. The lowest BCUT2D eigenvalue weighted by Crippen LogP contribution is -2.35. The van der Waals surface area contributed by atoms with E-state index in [0.29, 0.717) is 29.0 Å². The lowest BCUT2D eigenvalue weighted by Gasteiger charge is -2.21. The second-order valence-corrected chi connectivity index (χ2v) is 5.47. The molecule has 3 rings (SSSR count). The van der Waals surface area contributed by atoms with Crippen LogP contribution in [0.15, 0.2) is 22.9 Å². The molecule has 1 aliphatic rings. The number of carbonyl (C=O) groups excluding carboxylic acids is 1. The van der Waals surface area contributed by atoms with Crippen molar-refractivity contribution >= 4 is 23.4 Å². The number of rotatable bonds is 2. The maximum atomic E-state index is 12.4. The molecule has 0 radical (unpaired) electrons. The lowest BCUT2D eigenvalue weighted by molar-refractivity contribution is 0.174. The van der Waals surface area contributed by atoms with Gasteiger partial charge in [0.25, 0.3) is 0 Å². The van der Waals surface area contributed by atoms with E-state index in [9.17, 15) is 9.90 Å². The van der Waals surface area contributed by atoms with Crippen molar-refractivity contribution < 1.29 is 14.4 Å². The number of amides is 2. The van der Waals surface area contributed by atoms with Crippen molar-refractivity contribution in [1.29, 1.82) is 0 Å². The maximum absolute atomic E-state index is 12.4. The van der Waals surface area contributed by atoms with Crippen molar-refractivity contribution in [2.45, 2.75) is 25.5 Å². The third-order valence-electron chi connectivity index (χ3n) is 3.33. The highest BCUT2D eigenvalue weighted by molar-refractivity contribution is 6.30. The van der Waals surface area contributed by atoms with E-state index in [1.54, 1.807) is 19.1 Å². The van der Waals surface area contributed by atoms with Gasteiger partial charge in [0, 0.05) is 19.2 Å². The fourth-order valence-corrected chi connectivity index (χ4v) is 2.46. The highest BCUT2D eigenvalue weighted by Crippen LogP contribution is 2.31. The van der Waals surface area contributed by atoms with Crippen LogP contribution in [0.25, 0.3) is 0 Å². The summed E-state index contributed by atoms with van der Waals surface area (Å²) in [6, 6.07) is 2.37. The Morgan fingerprint density at radius 3 is 3.00 bits per heavy atom. The molecule has 2 amide bonds. The van der Waals surface area contributed by atoms with Gasteiger partial charge in [0.2, 0.25) is 5.89 Å². The Morgan fingerprint density at radius 2 is 2.36 bits per heavy atom. The molecule has 116 valence electrons. The molecule has 1 aliphatic heterocycles. The minimum absolute atomic E-state index is 0.186. The third-order valence-corrected chi connectivity index (χ3v) is 3.55. The van der Waals surface area contributed by atoms with Gasteiger partial charge < -0.3 is 14.5 Å². The topological polar surface area (TPSA) is 104 Å². The van der Waals surface area contributed by atoms with Crippen LogP contribution >= 0.6 is 11.6 Å². The predicted octanol–water partition coefficient (Wildman–Crippen LogP) is 1.77. The molecule has 2 atom stereocenters. The Bertz CT molecular complexity index is 675. The number of aliphatic hydroxyl groups is 1. The number of aliphatic hydroxyl groups excluding tert-OH is 1. The molecule has 2 aromatic heterocycles. The number of anilines is 1. The lowest BCUT2D eigenvalue weighted by atomic mass is 10.2. The third kappa shape index (κ3) is 3.02. The van der Waals surface area contributed by atoms with Crippen LogP contribution in [-0.2, 0) is 0 Å². The summed E-state index contributed by atoms with van der Waals surface area (Å²) in [6.45, 7) is 1.88. The molecular weight excluding hydrogens is 310 g/mol. The molecule has 2 N–H and O–H groups in total. The van der Waals surface area contributed by atoms with Gasteiger partial charge in [0.15, 0.2) is 5.82 Å². The SMILES string of the molecule is Cc1noc([C@H]2C[C@@H](O)CN2C(=O)Nc2ccc(Cl)cn2)n1. The summed E-state index contributed by atoms with van der Waals surface area (Å²) in [7, 11) is 0. The monoisotopic (exact) mass is 323 g/mol. The molecule has 2 aromatic rings. The van der Waals surface area contributed by atoms with Crippen molar-refractivity contribution in [2.75, 3.05) is 11.9 Å². The summed E-state index contributed by atoms with van der Waals surface area (Å²) >= 11 is 5.75. The van der Waals surface area contributed by atoms with Crippen LogP contribution in [0, 0.1) is 6.92 Å². The molecule has 0 saturated carbocycles. The van der Waals surface area contributed by atoms with E-state index in [1.807, 2.05) is 0 Å². The Hall–Kier alpha value is -2.19. The van der Waals surface area contributed by atoms with E-state index < -0.39 is 18.2 Å². The number of pyridine rings is 1. The minimum Gasteiger partial charge on any atom is -0.391 e. The Morgan fingerprint density at radius 1 is 1.55 bits per heavy atom. The molecule has 22 heavy (non-hydrogen) atoms. The molecule has 0 unspecified atom stereocenters. The van der Waals surface area contributed by atoms with Crippen LogP contribution in [0.5, 0.6) is 0 Å². The van der Waals surface area contributed by atoms with E-state index >= 15 is 0 Å². The number of halogens is 1. The highest BCUT2D eigenvalue weighted by atomic mass is 35.5. The zero-order valence-electron chi connectivity index (χ0n) is 11.7. The summed E-state index contributed by atoms with van der Waals surface area (Å²) in [4.78, 5) is 22.0. The summed E-state index contributed by atoms with van der Waals surface area (Å²) in [5.41, 5.74) is 0. The Kier molecular flexibility index (Phi) is 3.95. The first-order chi connectivity index (χ1) is 10.5. The summed E-state index contributed by atoms with van der Waals surface area (Å²) in [6.07, 6.45) is 1.15. The number of nitrogens with zero attached hydrogens (tertiary/aromatic N) is 4. The van der Waals surface area contributed by atoms with Gasteiger partial charge in [-0.25, -0.2) is 9.78 Å². The molecule has 0 bridgehead atoms. The molecule has 9 heteroatoms. The minimum atomic E-state index is -0.638. The van der Waals surface area contributed by atoms with Crippen molar-refractivity contribution in [3.63, 3.8) is 0 Å². The van der Waals surface area contributed by atoms with Crippen LogP contribution in [0.3, 0.4) is 0 Å². The standard InChI is InChI=1S/C13H14ClN5O3/c1-7-16-12(22-18-7)10-4-9(20)6-19(10)13(21)17-11-3-2-8(14)5-15-11/h2-3,5,9-10,20H,4,6H2,1H3,(H,15,17,21)/t9-,10-/m1/s1. The van der Waals surface area contributed by atoms with Gasteiger partial charge in [-0.1, -0.05) is 16.8 Å². The summed E-state index contributed by atoms with van der Waals surface area (Å²) in [5, 5.41) is 16.7. The first kappa shape index (κ1) is 14.7. The molecule has 0 aliphatic carbocycles. The smallest absolute Gasteiger partial charge is 0.323 e. The predicted molar refractivity (Wildman–Crippen MR) is 77.4 cm³/mol. The first-order valence-corrected chi connectivity index (χ1v) is 7.08. The number of aryl methyl sites for hydroxylation is 1. The van der Waals surface area contributed by atoms with Crippen LogP contribution in [0.4, 0.5) is 10.6 Å². The summed E-state index contributed by atoms with van der Waals surface area (Å²) in [5.74, 6) is 1.17. The van der Waals surface area contributed by atoms with Crippen LogP contribution < -0.4 is 5.32 Å². The number of hydrogen-bond donors (Lipinski definition) is 2.